The third-order valence-electron chi connectivity index (χ3n) is 4.02. The quantitative estimate of drug-likeness (QED) is 0.637. The van der Waals surface area contributed by atoms with Gasteiger partial charge in [-0.25, -0.2) is 4.79 Å². The van der Waals surface area contributed by atoms with E-state index in [1.807, 2.05) is 30.0 Å². The number of carbonyl (C=O) groups excluding carboxylic acids is 1. The summed E-state index contributed by atoms with van der Waals surface area (Å²) in [4.78, 5) is 23.5. The Balaban J connectivity index is 1.78. The highest BCUT2D eigenvalue weighted by atomic mass is 32.2. The monoisotopic (exact) mass is 336 g/mol. The molecule has 0 aliphatic heterocycles. The average molecular weight is 336 g/mol. The number of hydrogen-bond donors (Lipinski definition) is 3. The van der Waals surface area contributed by atoms with E-state index in [1.54, 1.807) is 0 Å². The lowest BCUT2D eigenvalue weighted by Crippen LogP contribution is -2.43. The molecule has 1 aliphatic rings. The summed E-state index contributed by atoms with van der Waals surface area (Å²) in [7, 11) is 0. The summed E-state index contributed by atoms with van der Waals surface area (Å²) in [5.74, 6) is -0.837. The highest BCUT2D eigenvalue weighted by molar-refractivity contribution is 8.00. The Kier molecular flexibility index (Phi) is 6.77. The average Bonchev–Trinajstić information content (AvgIpc) is 2.99. The van der Waals surface area contributed by atoms with Crippen molar-refractivity contribution in [2.75, 3.05) is 13.1 Å². The lowest BCUT2D eigenvalue weighted by Gasteiger charge is -2.28. The zero-order chi connectivity index (χ0) is 16.5. The smallest absolute Gasteiger partial charge is 0.314 e. The van der Waals surface area contributed by atoms with E-state index < -0.39 is 5.97 Å². The maximum atomic E-state index is 11.9. The van der Waals surface area contributed by atoms with Gasteiger partial charge in [0.2, 0.25) is 0 Å². The highest BCUT2D eigenvalue weighted by Gasteiger charge is 2.35. The topological polar surface area (TPSA) is 78.4 Å². The number of carbonyl (C=O) groups is 2. The number of nitrogens with one attached hydrogen (secondary N) is 2. The molecule has 0 aromatic heterocycles. The molecule has 6 heteroatoms. The van der Waals surface area contributed by atoms with Crippen LogP contribution in [0.15, 0.2) is 35.2 Å². The number of rotatable bonds is 8. The minimum Gasteiger partial charge on any atom is -0.481 e. The fourth-order valence-corrected chi connectivity index (χ4v) is 4.25. The van der Waals surface area contributed by atoms with Crippen LogP contribution in [0.4, 0.5) is 4.79 Å². The normalized spacial score (nSPS) is 16.0. The van der Waals surface area contributed by atoms with Crippen molar-refractivity contribution in [3.63, 3.8) is 0 Å². The van der Waals surface area contributed by atoms with E-state index in [0.29, 0.717) is 19.5 Å². The molecule has 0 radical (unpaired) electrons. The predicted molar refractivity (Wildman–Crippen MR) is 91.8 cm³/mol. The molecule has 2 amide bonds. The number of urea groups is 1. The Bertz CT molecular complexity index is 516. The molecule has 3 N–H and O–H groups in total. The summed E-state index contributed by atoms with van der Waals surface area (Å²) in [6.45, 7) is 1.02. The molecule has 0 unspecified atom stereocenters. The second-order valence-corrected chi connectivity index (χ2v) is 7.45. The molecule has 1 saturated carbocycles. The SMILES string of the molecule is O=C(O)CCCNC(=O)NCC1(Sc2ccccc2)CCCC1. The Labute approximate surface area is 141 Å². The predicted octanol–water partition coefficient (Wildman–Crippen LogP) is 3.26. The third-order valence-corrected chi connectivity index (χ3v) is 5.51. The van der Waals surface area contributed by atoms with Gasteiger partial charge in [0.05, 0.1) is 0 Å². The van der Waals surface area contributed by atoms with Crippen molar-refractivity contribution in [2.24, 2.45) is 0 Å². The molecule has 1 aliphatic carbocycles. The summed E-state index contributed by atoms with van der Waals surface area (Å²) in [6, 6.07) is 10.1. The fraction of sp³-hybridized carbons (Fsp3) is 0.529. The molecular formula is C17H24N2O3S. The minimum atomic E-state index is -0.837. The lowest BCUT2D eigenvalue weighted by atomic mass is 10.1. The molecule has 23 heavy (non-hydrogen) atoms. The van der Waals surface area contributed by atoms with E-state index in [4.69, 9.17) is 5.11 Å². The molecule has 1 aromatic carbocycles. The molecule has 5 nitrogen and oxygen atoms in total. The highest BCUT2D eigenvalue weighted by Crippen LogP contribution is 2.44. The van der Waals surface area contributed by atoms with E-state index in [0.717, 1.165) is 12.8 Å². The first-order valence-electron chi connectivity index (χ1n) is 8.07. The van der Waals surface area contributed by atoms with Crippen molar-refractivity contribution in [3.8, 4) is 0 Å². The molecule has 1 aromatic rings. The van der Waals surface area contributed by atoms with Gasteiger partial charge in [0, 0.05) is 29.2 Å². The number of amides is 2. The largest absolute Gasteiger partial charge is 0.481 e. The van der Waals surface area contributed by atoms with Gasteiger partial charge in [0.15, 0.2) is 0 Å². The number of hydrogen-bond acceptors (Lipinski definition) is 3. The molecule has 0 heterocycles. The summed E-state index contributed by atoms with van der Waals surface area (Å²) in [5, 5.41) is 14.2. The van der Waals surface area contributed by atoms with E-state index in [2.05, 4.69) is 22.8 Å². The van der Waals surface area contributed by atoms with Crippen molar-refractivity contribution in [2.45, 2.75) is 48.2 Å². The van der Waals surface area contributed by atoms with Crippen LogP contribution < -0.4 is 10.6 Å². The van der Waals surface area contributed by atoms with Crippen LogP contribution in [0.1, 0.15) is 38.5 Å². The van der Waals surface area contributed by atoms with E-state index in [9.17, 15) is 9.59 Å². The fourth-order valence-electron chi connectivity index (χ4n) is 2.82. The number of aliphatic carboxylic acids is 1. The number of thioether (sulfide) groups is 1. The van der Waals surface area contributed by atoms with Crippen LogP contribution in [0.3, 0.4) is 0 Å². The Morgan fingerprint density at radius 3 is 2.48 bits per heavy atom. The van der Waals surface area contributed by atoms with Crippen LogP contribution in [-0.4, -0.2) is 34.9 Å². The Morgan fingerprint density at radius 2 is 1.83 bits per heavy atom. The van der Waals surface area contributed by atoms with E-state index in [1.165, 1.54) is 17.7 Å². The minimum absolute atomic E-state index is 0.0692. The zero-order valence-electron chi connectivity index (χ0n) is 13.2. The number of benzene rings is 1. The van der Waals surface area contributed by atoms with Gasteiger partial charge in [-0.15, -0.1) is 11.8 Å². The van der Waals surface area contributed by atoms with Gasteiger partial charge < -0.3 is 15.7 Å². The molecule has 2 rings (SSSR count). The first-order valence-corrected chi connectivity index (χ1v) is 8.89. The second-order valence-electron chi connectivity index (χ2n) is 5.91. The van der Waals surface area contributed by atoms with Crippen LogP contribution in [0.25, 0.3) is 0 Å². The molecule has 0 atom stereocenters. The van der Waals surface area contributed by atoms with Crippen molar-refractivity contribution in [3.05, 3.63) is 30.3 Å². The van der Waals surface area contributed by atoms with Gasteiger partial charge >= 0.3 is 12.0 Å². The van der Waals surface area contributed by atoms with Crippen LogP contribution in [-0.2, 0) is 4.79 Å². The maximum absolute atomic E-state index is 11.9. The second kappa shape index (κ2) is 8.82. The first kappa shape index (κ1) is 17.7. The summed E-state index contributed by atoms with van der Waals surface area (Å²) >= 11 is 1.85. The van der Waals surface area contributed by atoms with Crippen molar-refractivity contribution in [1.82, 2.24) is 10.6 Å². The first-order chi connectivity index (χ1) is 11.1. The standard InChI is InChI=1S/C17H24N2O3S/c20-15(21)9-6-12-18-16(22)19-13-17(10-4-5-11-17)23-14-7-2-1-3-8-14/h1-3,7-8H,4-6,9-13H2,(H,20,21)(H2,18,19,22). The Morgan fingerprint density at radius 1 is 1.13 bits per heavy atom. The van der Waals surface area contributed by atoms with Crippen LogP contribution in [0.2, 0.25) is 0 Å². The molecular weight excluding hydrogens is 312 g/mol. The van der Waals surface area contributed by atoms with Crippen molar-refractivity contribution >= 4 is 23.8 Å². The summed E-state index contributed by atoms with van der Waals surface area (Å²) in [5.41, 5.74) is 0. The molecule has 0 saturated heterocycles. The van der Waals surface area contributed by atoms with Gasteiger partial charge in [0.1, 0.15) is 0 Å². The number of carboxylic acid groups (broad SMARTS) is 1. The van der Waals surface area contributed by atoms with Crippen molar-refractivity contribution in [1.29, 1.82) is 0 Å². The van der Waals surface area contributed by atoms with Gasteiger partial charge in [0.25, 0.3) is 0 Å². The molecule has 126 valence electrons. The molecule has 0 spiro atoms. The molecule has 1 fully saturated rings. The Hall–Kier alpha value is -1.69. The van der Waals surface area contributed by atoms with E-state index >= 15 is 0 Å². The van der Waals surface area contributed by atoms with Crippen LogP contribution in [0, 0.1) is 0 Å². The summed E-state index contributed by atoms with van der Waals surface area (Å²) < 4.78 is 0.0692. The third kappa shape index (κ3) is 6.14. The van der Waals surface area contributed by atoms with Gasteiger partial charge in [-0.05, 0) is 31.4 Å². The van der Waals surface area contributed by atoms with Crippen molar-refractivity contribution < 1.29 is 14.7 Å². The molecule has 0 bridgehead atoms. The maximum Gasteiger partial charge on any atom is 0.314 e. The lowest BCUT2D eigenvalue weighted by molar-refractivity contribution is -0.137. The van der Waals surface area contributed by atoms with Gasteiger partial charge in [-0.1, -0.05) is 31.0 Å². The van der Waals surface area contributed by atoms with Gasteiger partial charge in [-0.3, -0.25) is 4.79 Å². The van der Waals surface area contributed by atoms with Crippen LogP contribution in [0.5, 0.6) is 0 Å². The number of carboxylic acids is 1. The zero-order valence-corrected chi connectivity index (χ0v) is 14.0. The van der Waals surface area contributed by atoms with Crippen LogP contribution >= 0.6 is 11.8 Å². The van der Waals surface area contributed by atoms with Gasteiger partial charge in [-0.2, -0.15) is 0 Å². The summed E-state index contributed by atoms with van der Waals surface area (Å²) in [6.07, 6.45) is 5.13. The van der Waals surface area contributed by atoms with E-state index in [-0.39, 0.29) is 17.2 Å².